The van der Waals surface area contributed by atoms with E-state index in [1.165, 1.54) is 0 Å². The minimum atomic E-state index is -1.04. The van der Waals surface area contributed by atoms with Gasteiger partial charge in [0.15, 0.2) is 0 Å². The van der Waals surface area contributed by atoms with Crippen LogP contribution in [0, 0.1) is 0 Å². The van der Waals surface area contributed by atoms with Gasteiger partial charge in [0.25, 0.3) is 0 Å². The molecule has 2 aromatic carbocycles. The van der Waals surface area contributed by atoms with Crippen molar-refractivity contribution in [3.05, 3.63) is 53.6 Å². The molecule has 0 saturated heterocycles. The van der Waals surface area contributed by atoms with Crippen molar-refractivity contribution in [2.24, 2.45) is 0 Å². The van der Waals surface area contributed by atoms with Crippen LogP contribution in [0.5, 0.6) is 11.5 Å². The molecule has 142 valence electrons. The number of ether oxygens (including phenoxy) is 2. The van der Waals surface area contributed by atoms with Crippen LogP contribution in [0.2, 0.25) is 0 Å². The molecule has 0 atom stereocenters. The van der Waals surface area contributed by atoms with Crippen LogP contribution in [-0.4, -0.2) is 29.0 Å². The summed E-state index contributed by atoms with van der Waals surface area (Å²) in [6.45, 7) is 5.12. The van der Waals surface area contributed by atoms with Crippen LogP contribution in [-0.2, 0) is 22.5 Å². The van der Waals surface area contributed by atoms with E-state index in [1.807, 2.05) is 6.07 Å². The number of carbonyl (C=O) groups is 1. The van der Waals surface area contributed by atoms with Gasteiger partial charge in [-0.25, -0.2) is 4.79 Å². The number of hydrogen-bond donors (Lipinski definition) is 1. The normalized spacial score (nSPS) is 13.3. The van der Waals surface area contributed by atoms with Crippen molar-refractivity contribution in [3.63, 3.8) is 0 Å². The molecule has 27 heavy (non-hydrogen) atoms. The second kappa shape index (κ2) is 7.58. The molecule has 0 unspecified atom stereocenters. The molecule has 0 bridgehead atoms. The number of fused-ring (bicyclic) bond motifs is 1. The van der Waals surface area contributed by atoms with Crippen LogP contribution in [0.15, 0.2) is 42.5 Å². The summed E-state index contributed by atoms with van der Waals surface area (Å²) in [5.74, 6) is 1.01. The highest BCUT2D eigenvalue weighted by molar-refractivity contribution is 6.61. The van der Waals surface area contributed by atoms with Gasteiger partial charge < -0.3 is 19.2 Å². The van der Waals surface area contributed by atoms with Gasteiger partial charge in [-0.1, -0.05) is 22.7 Å². The molecule has 0 spiro atoms. The van der Waals surface area contributed by atoms with E-state index in [2.05, 4.69) is 0 Å². The van der Waals surface area contributed by atoms with Crippen LogP contribution >= 0.6 is 0 Å². The monoisotopic (exact) mass is 373 g/mol. The van der Waals surface area contributed by atoms with E-state index in [4.69, 9.17) is 14.1 Å². The molecule has 1 aliphatic heterocycles. The summed E-state index contributed by atoms with van der Waals surface area (Å²) < 4.78 is 30.0. The molecule has 0 radical (unpaired) electrons. The molecular weight excluding hydrogens is 352 g/mol. The van der Waals surface area contributed by atoms with Crippen molar-refractivity contribution in [3.8, 4) is 11.5 Å². The third-order valence-electron chi connectivity index (χ3n) is 3.83. The van der Waals surface area contributed by atoms with E-state index in [0.717, 1.165) is 5.56 Å². The lowest BCUT2D eigenvalue weighted by molar-refractivity contribution is -0.0350. The zero-order chi connectivity index (χ0) is 19.6. The Balaban J connectivity index is 1.67. The average Bonchev–Trinajstić information content (AvgIpc) is 2.94. The first kappa shape index (κ1) is 19.2. The standard InChI is InChI=1S/C19H21BFNO5/c1-19(2,3)27-18(23)22(21)11-13-5-4-6-15(9-13)26-16-8-7-14-12-25-20(24)17(14)10-16/h4-10,24H,11-12H2,1-3H3. The number of nitrogens with zero attached hydrogens (tertiary/aromatic N) is 1. The van der Waals surface area contributed by atoms with E-state index in [1.54, 1.807) is 57.2 Å². The summed E-state index contributed by atoms with van der Waals surface area (Å²) in [5, 5.41) is 9.80. The first-order valence-electron chi connectivity index (χ1n) is 8.57. The van der Waals surface area contributed by atoms with Crippen LogP contribution in [0.25, 0.3) is 0 Å². The number of rotatable bonds is 4. The lowest BCUT2D eigenvalue weighted by Crippen LogP contribution is -2.31. The molecule has 0 fully saturated rings. The molecule has 1 N–H and O–H groups in total. The van der Waals surface area contributed by atoms with Crippen molar-refractivity contribution in [2.75, 3.05) is 0 Å². The summed E-state index contributed by atoms with van der Waals surface area (Å²) in [5.41, 5.74) is 1.36. The van der Waals surface area contributed by atoms with Crippen molar-refractivity contribution in [2.45, 2.75) is 39.5 Å². The Kier molecular flexibility index (Phi) is 5.39. The molecule has 1 amide bonds. The third kappa shape index (κ3) is 4.99. The lowest BCUT2D eigenvalue weighted by atomic mass is 9.79. The largest absolute Gasteiger partial charge is 0.491 e. The molecule has 2 aromatic rings. The minimum Gasteiger partial charge on any atom is -0.457 e. The second-order valence-corrected chi connectivity index (χ2v) is 7.27. The van der Waals surface area contributed by atoms with E-state index in [0.29, 0.717) is 29.1 Å². The molecule has 8 heteroatoms. The summed E-state index contributed by atoms with van der Waals surface area (Å²) >= 11 is 0. The Morgan fingerprint density at radius 1 is 1.26 bits per heavy atom. The topological polar surface area (TPSA) is 68.2 Å². The van der Waals surface area contributed by atoms with Gasteiger partial charge in [0.1, 0.15) is 17.1 Å². The Labute approximate surface area is 157 Å². The van der Waals surface area contributed by atoms with E-state index < -0.39 is 18.8 Å². The highest BCUT2D eigenvalue weighted by atomic mass is 19.2. The van der Waals surface area contributed by atoms with Crippen molar-refractivity contribution >= 4 is 18.7 Å². The molecule has 0 aromatic heterocycles. The number of halogens is 1. The van der Waals surface area contributed by atoms with Gasteiger partial charge in [-0.15, -0.1) is 5.12 Å². The average molecular weight is 373 g/mol. The molecule has 3 rings (SSSR count). The van der Waals surface area contributed by atoms with Crippen LogP contribution < -0.4 is 10.2 Å². The summed E-state index contributed by atoms with van der Waals surface area (Å²) in [6, 6.07) is 12.1. The predicted molar refractivity (Wildman–Crippen MR) is 98.2 cm³/mol. The van der Waals surface area contributed by atoms with Crippen molar-refractivity contribution in [1.29, 1.82) is 0 Å². The Morgan fingerprint density at radius 2 is 2.00 bits per heavy atom. The third-order valence-corrected chi connectivity index (χ3v) is 3.83. The number of benzene rings is 2. The smallest absolute Gasteiger partial charge is 0.457 e. The molecule has 1 aliphatic rings. The van der Waals surface area contributed by atoms with Gasteiger partial charge in [-0.3, -0.25) is 0 Å². The Bertz CT molecular complexity index is 839. The van der Waals surface area contributed by atoms with Gasteiger partial charge in [-0.2, -0.15) is 0 Å². The Morgan fingerprint density at radius 3 is 2.74 bits per heavy atom. The Hall–Kier alpha value is -2.58. The van der Waals surface area contributed by atoms with Gasteiger partial charge in [0, 0.05) is 0 Å². The fraction of sp³-hybridized carbons (Fsp3) is 0.316. The summed E-state index contributed by atoms with van der Waals surface area (Å²) in [7, 11) is -0.955. The SMILES string of the molecule is CC(C)(C)OC(=O)N(F)Cc1cccc(Oc2ccc3c(c2)B(O)OC3)c1. The number of hydrogen-bond acceptors (Lipinski definition) is 5. The van der Waals surface area contributed by atoms with Gasteiger partial charge >= 0.3 is 13.2 Å². The highest BCUT2D eigenvalue weighted by Gasteiger charge is 2.27. The van der Waals surface area contributed by atoms with E-state index >= 15 is 0 Å². The van der Waals surface area contributed by atoms with Crippen molar-refractivity contribution in [1.82, 2.24) is 5.12 Å². The number of amides is 1. The predicted octanol–water partition coefficient (Wildman–Crippen LogP) is 3.32. The van der Waals surface area contributed by atoms with Crippen molar-refractivity contribution < 1.29 is 28.4 Å². The zero-order valence-corrected chi connectivity index (χ0v) is 15.4. The fourth-order valence-corrected chi connectivity index (χ4v) is 2.64. The minimum absolute atomic E-state index is 0.0213. The molecule has 1 heterocycles. The summed E-state index contributed by atoms with van der Waals surface area (Å²) in [4.78, 5) is 11.7. The quantitative estimate of drug-likeness (QED) is 0.658. The van der Waals surface area contributed by atoms with Gasteiger partial charge in [0.2, 0.25) is 0 Å². The molecule has 0 aliphatic carbocycles. The van der Waals surface area contributed by atoms with E-state index in [-0.39, 0.29) is 11.7 Å². The maximum absolute atomic E-state index is 14.0. The van der Waals surface area contributed by atoms with Crippen LogP contribution in [0.1, 0.15) is 31.9 Å². The lowest BCUT2D eigenvalue weighted by Gasteiger charge is -2.22. The van der Waals surface area contributed by atoms with Gasteiger partial charge in [0.05, 0.1) is 13.2 Å². The zero-order valence-electron chi connectivity index (χ0n) is 15.4. The maximum atomic E-state index is 14.0. The van der Waals surface area contributed by atoms with E-state index in [9.17, 15) is 14.3 Å². The highest BCUT2D eigenvalue weighted by Crippen LogP contribution is 2.24. The second-order valence-electron chi connectivity index (χ2n) is 7.27. The molecule has 6 nitrogen and oxygen atoms in total. The fourth-order valence-electron chi connectivity index (χ4n) is 2.64. The maximum Gasteiger partial charge on any atom is 0.491 e. The number of carbonyl (C=O) groups excluding carboxylic acids is 1. The van der Waals surface area contributed by atoms with Crippen LogP contribution in [0.4, 0.5) is 9.28 Å². The molecule has 0 saturated carbocycles. The first-order chi connectivity index (χ1) is 12.7. The van der Waals surface area contributed by atoms with Gasteiger partial charge in [-0.05, 0) is 61.6 Å². The summed E-state index contributed by atoms with van der Waals surface area (Å²) in [6.07, 6.45) is -1.04. The van der Waals surface area contributed by atoms with Crippen LogP contribution in [0.3, 0.4) is 0 Å². The molecular formula is C19H21BFNO5. The first-order valence-corrected chi connectivity index (χ1v) is 8.57.